The molecular weight excluding hydrogens is 310 g/mol. The molecule has 0 fully saturated rings. The van der Waals surface area contributed by atoms with E-state index in [4.69, 9.17) is 5.11 Å². The standard InChI is InChI=1S/C13H13N3O7/c1-3-23-13(20)11(7(2)17)15-14-9-5-4-8(12(18)19)6-10(9)16(21)22/h4-6,17H,3H2,1-2H3,(H,18,19)/b11-7+,15-14?. The van der Waals surface area contributed by atoms with Crippen molar-refractivity contribution in [2.24, 2.45) is 10.2 Å². The minimum atomic E-state index is -1.34. The number of hydrogen-bond donors (Lipinski definition) is 2. The molecule has 1 aromatic carbocycles. The van der Waals surface area contributed by atoms with Crippen molar-refractivity contribution < 1.29 is 29.5 Å². The first kappa shape index (κ1) is 17.8. The monoisotopic (exact) mass is 323 g/mol. The molecule has 0 amide bonds. The van der Waals surface area contributed by atoms with Crippen LogP contribution in [0.15, 0.2) is 39.9 Å². The summed E-state index contributed by atoms with van der Waals surface area (Å²) in [7, 11) is 0. The van der Waals surface area contributed by atoms with Gasteiger partial charge in [0.05, 0.1) is 17.1 Å². The smallest absolute Gasteiger partial charge is 0.362 e. The second-order valence-electron chi connectivity index (χ2n) is 4.12. The van der Waals surface area contributed by atoms with Crippen molar-refractivity contribution >= 4 is 23.3 Å². The van der Waals surface area contributed by atoms with Crippen molar-refractivity contribution in [1.82, 2.24) is 0 Å². The fourth-order valence-corrected chi connectivity index (χ4v) is 1.45. The highest BCUT2D eigenvalue weighted by atomic mass is 16.6. The number of nitrogens with zero attached hydrogens (tertiary/aromatic N) is 3. The Kier molecular flexibility index (Phi) is 5.89. The molecule has 0 unspecified atom stereocenters. The first-order valence-electron chi connectivity index (χ1n) is 6.28. The number of carboxylic acids is 1. The predicted octanol–water partition coefficient (Wildman–Crippen LogP) is 2.73. The van der Waals surface area contributed by atoms with Crippen LogP contribution in [0.3, 0.4) is 0 Å². The molecule has 10 nitrogen and oxygen atoms in total. The van der Waals surface area contributed by atoms with Crippen molar-refractivity contribution in [3.63, 3.8) is 0 Å². The van der Waals surface area contributed by atoms with E-state index < -0.39 is 34.0 Å². The summed E-state index contributed by atoms with van der Waals surface area (Å²) in [4.78, 5) is 32.5. The van der Waals surface area contributed by atoms with E-state index in [2.05, 4.69) is 15.0 Å². The lowest BCUT2D eigenvalue weighted by Crippen LogP contribution is -2.07. The molecule has 0 aliphatic rings. The number of azo groups is 1. The van der Waals surface area contributed by atoms with Crippen LogP contribution in [0.4, 0.5) is 11.4 Å². The van der Waals surface area contributed by atoms with Gasteiger partial charge in [0.2, 0.25) is 5.70 Å². The van der Waals surface area contributed by atoms with Gasteiger partial charge in [-0.25, -0.2) is 9.59 Å². The fourth-order valence-electron chi connectivity index (χ4n) is 1.45. The van der Waals surface area contributed by atoms with E-state index in [1.165, 1.54) is 6.92 Å². The number of nitro benzene ring substituents is 1. The number of hydrogen-bond acceptors (Lipinski definition) is 8. The van der Waals surface area contributed by atoms with Crippen LogP contribution < -0.4 is 0 Å². The van der Waals surface area contributed by atoms with Crippen molar-refractivity contribution in [2.45, 2.75) is 13.8 Å². The number of benzene rings is 1. The molecule has 0 radical (unpaired) electrons. The van der Waals surface area contributed by atoms with Crippen LogP contribution in [0.5, 0.6) is 0 Å². The van der Waals surface area contributed by atoms with Gasteiger partial charge in [0.15, 0.2) is 5.69 Å². The molecule has 23 heavy (non-hydrogen) atoms. The average Bonchev–Trinajstić information content (AvgIpc) is 2.47. The zero-order valence-corrected chi connectivity index (χ0v) is 12.2. The quantitative estimate of drug-likeness (QED) is 0.204. The molecular formula is C13H13N3O7. The molecule has 0 aliphatic heterocycles. The van der Waals surface area contributed by atoms with Crippen molar-refractivity contribution in [2.75, 3.05) is 6.61 Å². The summed E-state index contributed by atoms with van der Waals surface area (Å²) in [6.07, 6.45) is 0. The molecule has 1 aromatic rings. The third-order valence-corrected chi connectivity index (χ3v) is 2.49. The van der Waals surface area contributed by atoms with Gasteiger partial charge in [-0.05, 0) is 26.0 Å². The molecule has 10 heteroatoms. The lowest BCUT2D eigenvalue weighted by molar-refractivity contribution is -0.384. The van der Waals surface area contributed by atoms with E-state index in [-0.39, 0.29) is 17.9 Å². The molecule has 1 rings (SSSR count). The fraction of sp³-hybridized carbons (Fsp3) is 0.231. The molecule has 0 heterocycles. The van der Waals surface area contributed by atoms with Crippen LogP contribution in [0.2, 0.25) is 0 Å². The maximum absolute atomic E-state index is 11.6. The van der Waals surface area contributed by atoms with Gasteiger partial charge in [0.25, 0.3) is 5.69 Å². The SMILES string of the molecule is CCOC(=O)/C(N=Nc1ccc(C(=O)O)cc1[N+](=O)[O-])=C(/C)O. The summed E-state index contributed by atoms with van der Waals surface area (Å²) in [6.45, 7) is 2.76. The van der Waals surface area contributed by atoms with Gasteiger partial charge < -0.3 is 14.9 Å². The summed E-state index contributed by atoms with van der Waals surface area (Å²) in [5.41, 5.74) is -1.69. The number of aliphatic hydroxyl groups is 1. The van der Waals surface area contributed by atoms with Gasteiger partial charge in [-0.2, -0.15) is 0 Å². The van der Waals surface area contributed by atoms with Gasteiger partial charge >= 0.3 is 11.9 Å². The van der Waals surface area contributed by atoms with Gasteiger partial charge in [0.1, 0.15) is 5.76 Å². The topological polar surface area (TPSA) is 152 Å². The van der Waals surface area contributed by atoms with Gasteiger partial charge in [-0.15, -0.1) is 10.2 Å². The van der Waals surface area contributed by atoms with Crippen LogP contribution >= 0.6 is 0 Å². The summed E-state index contributed by atoms with van der Waals surface area (Å²) >= 11 is 0. The maximum Gasteiger partial charge on any atom is 0.362 e. The summed E-state index contributed by atoms with van der Waals surface area (Å²) in [6, 6.07) is 2.99. The molecule has 0 atom stereocenters. The van der Waals surface area contributed by atoms with E-state index >= 15 is 0 Å². The number of carbonyl (C=O) groups excluding carboxylic acids is 1. The first-order valence-corrected chi connectivity index (χ1v) is 6.28. The molecule has 122 valence electrons. The van der Waals surface area contributed by atoms with Crippen LogP contribution in [0.25, 0.3) is 0 Å². The molecule has 2 N–H and O–H groups in total. The lowest BCUT2D eigenvalue weighted by atomic mass is 10.2. The Morgan fingerprint density at radius 3 is 2.48 bits per heavy atom. The predicted molar refractivity (Wildman–Crippen MR) is 76.5 cm³/mol. The molecule has 0 aliphatic carbocycles. The van der Waals surface area contributed by atoms with Crippen molar-refractivity contribution in [1.29, 1.82) is 0 Å². The highest BCUT2D eigenvalue weighted by Crippen LogP contribution is 2.29. The third kappa shape index (κ3) is 4.59. The second kappa shape index (κ2) is 7.64. The average molecular weight is 323 g/mol. The van der Waals surface area contributed by atoms with Crippen LogP contribution in [0, 0.1) is 10.1 Å². The van der Waals surface area contributed by atoms with E-state index in [9.17, 15) is 24.8 Å². The Bertz CT molecular complexity index is 706. The Morgan fingerprint density at radius 1 is 1.35 bits per heavy atom. The van der Waals surface area contributed by atoms with E-state index in [0.717, 1.165) is 18.2 Å². The number of aliphatic hydroxyl groups excluding tert-OH is 1. The zero-order chi connectivity index (χ0) is 17.6. The third-order valence-electron chi connectivity index (χ3n) is 2.49. The molecule has 0 saturated heterocycles. The van der Waals surface area contributed by atoms with E-state index in [1.807, 2.05) is 0 Å². The number of carbonyl (C=O) groups is 2. The first-order chi connectivity index (χ1) is 10.8. The number of esters is 1. The lowest BCUT2D eigenvalue weighted by Gasteiger charge is -2.02. The second-order valence-corrected chi connectivity index (χ2v) is 4.12. The summed E-state index contributed by atoms with van der Waals surface area (Å²) < 4.78 is 4.66. The van der Waals surface area contributed by atoms with Crippen LogP contribution in [-0.4, -0.2) is 33.7 Å². The number of ether oxygens (including phenoxy) is 1. The molecule has 0 saturated carbocycles. The largest absolute Gasteiger partial charge is 0.510 e. The number of rotatable bonds is 6. The summed E-state index contributed by atoms with van der Waals surface area (Å²) in [5.74, 6) is -2.76. The summed E-state index contributed by atoms with van der Waals surface area (Å²) in [5, 5.41) is 36.2. The Hall–Kier alpha value is -3.30. The van der Waals surface area contributed by atoms with Crippen molar-refractivity contribution in [3.8, 4) is 0 Å². The highest BCUT2D eigenvalue weighted by Gasteiger charge is 2.19. The van der Waals surface area contributed by atoms with E-state index in [0.29, 0.717) is 0 Å². The van der Waals surface area contributed by atoms with Gasteiger partial charge in [-0.3, -0.25) is 10.1 Å². The Labute approximate surface area is 129 Å². The molecule has 0 spiro atoms. The maximum atomic E-state index is 11.6. The van der Waals surface area contributed by atoms with Gasteiger partial charge in [0, 0.05) is 6.07 Å². The molecule has 0 bridgehead atoms. The van der Waals surface area contributed by atoms with Crippen LogP contribution in [-0.2, 0) is 9.53 Å². The normalized spacial score (nSPS) is 11.9. The Morgan fingerprint density at radius 2 is 2.00 bits per heavy atom. The highest BCUT2D eigenvalue weighted by molar-refractivity contribution is 5.90. The number of carboxylic acid groups (broad SMARTS) is 1. The number of nitro groups is 1. The minimum absolute atomic E-state index is 0.0403. The Balaban J connectivity index is 3.26. The van der Waals surface area contributed by atoms with Crippen LogP contribution in [0.1, 0.15) is 24.2 Å². The van der Waals surface area contributed by atoms with Crippen molar-refractivity contribution in [3.05, 3.63) is 45.3 Å². The molecule has 0 aromatic heterocycles. The number of aromatic carboxylic acids is 1. The zero-order valence-electron chi connectivity index (χ0n) is 12.2. The van der Waals surface area contributed by atoms with Gasteiger partial charge in [-0.1, -0.05) is 0 Å². The minimum Gasteiger partial charge on any atom is -0.510 e. The number of allylic oxidation sites excluding steroid dienone is 1. The van der Waals surface area contributed by atoms with E-state index in [1.54, 1.807) is 6.92 Å².